The van der Waals surface area contributed by atoms with E-state index in [0.29, 0.717) is 0 Å². The fourth-order valence-electron chi connectivity index (χ4n) is 2.08. The Morgan fingerprint density at radius 3 is 2.56 bits per heavy atom. The second-order valence-electron chi connectivity index (χ2n) is 4.46. The lowest BCUT2D eigenvalue weighted by molar-refractivity contribution is 0.0317. The van der Waals surface area contributed by atoms with Crippen LogP contribution in [0.4, 0.5) is 4.79 Å². The molecular formula is C15H18O3. The second-order valence-corrected chi connectivity index (χ2v) is 4.46. The van der Waals surface area contributed by atoms with Gasteiger partial charge in [-0.2, -0.15) is 0 Å². The third-order valence-electron chi connectivity index (χ3n) is 3.04. The highest BCUT2D eigenvalue weighted by Gasteiger charge is 2.17. The maximum atomic E-state index is 11.4. The van der Waals surface area contributed by atoms with E-state index in [1.54, 1.807) is 6.08 Å². The van der Waals surface area contributed by atoms with Crippen LogP contribution in [0.15, 0.2) is 36.6 Å². The molecule has 0 atom stereocenters. The lowest BCUT2D eigenvalue weighted by atomic mass is 9.98. The average molecular weight is 246 g/mol. The van der Waals surface area contributed by atoms with E-state index in [4.69, 9.17) is 9.47 Å². The van der Waals surface area contributed by atoms with E-state index in [0.717, 1.165) is 31.2 Å². The lowest BCUT2D eigenvalue weighted by Gasteiger charge is -2.20. The van der Waals surface area contributed by atoms with Crippen LogP contribution in [0.5, 0.6) is 0 Å². The molecule has 0 saturated heterocycles. The first-order chi connectivity index (χ1) is 8.84. The molecular weight excluding hydrogens is 228 g/mol. The quantitative estimate of drug-likeness (QED) is 0.594. The van der Waals surface area contributed by atoms with Gasteiger partial charge in [0.25, 0.3) is 0 Å². The second kappa shape index (κ2) is 6.84. The van der Waals surface area contributed by atoms with Gasteiger partial charge >= 0.3 is 6.16 Å². The van der Waals surface area contributed by atoms with E-state index in [9.17, 15) is 4.79 Å². The van der Waals surface area contributed by atoms with Crippen molar-refractivity contribution < 1.29 is 14.3 Å². The van der Waals surface area contributed by atoms with Gasteiger partial charge in [-0.05, 0) is 37.3 Å². The van der Waals surface area contributed by atoms with E-state index < -0.39 is 6.16 Å². The number of hydrogen-bond donors (Lipinski definition) is 0. The van der Waals surface area contributed by atoms with Crippen LogP contribution >= 0.6 is 0 Å². The van der Waals surface area contributed by atoms with Gasteiger partial charge in [0.1, 0.15) is 6.10 Å². The van der Waals surface area contributed by atoms with Gasteiger partial charge in [0, 0.05) is 0 Å². The zero-order chi connectivity index (χ0) is 12.6. The van der Waals surface area contributed by atoms with E-state index in [2.05, 4.69) is 0 Å². The molecule has 1 fully saturated rings. The molecule has 18 heavy (non-hydrogen) atoms. The Hall–Kier alpha value is -1.77. The summed E-state index contributed by atoms with van der Waals surface area (Å²) in [6.07, 6.45) is 7.97. The van der Waals surface area contributed by atoms with Crippen LogP contribution in [-0.2, 0) is 9.47 Å². The molecule has 0 unspecified atom stereocenters. The van der Waals surface area contributed by atoms with Crippen molar-refractivity contribution in [1.29, 1.82) is 0 Å². The number of hydrogen-bond acceptors (Lipinski definition) is 3. The molecule has 0 spiro atoms. The summed E-state index contributed by atoms with van der Waals surface area (Å²) in [5, 5.41) is 0. The van der Waals surface area contributed by atoms with Crippen molar-refractivity contribution in [3.63, 3.8) is 0 Å². The maximum Gasteiger partial charge on any atom is 0.513 e. The first-order valence-corrected chi connectivity index (χ1v) is 6.43. The number of carbonyl (C=O) groups excluding carboxylic acids is 1. The molecule has 1 aromatic carbocycles. The molecule has 3 nitrogen and oxygen atoms in total. The van der Waals surface area contributed by atoms with Gasteiger partial charge in [-0.1, -0.05) is 36.8 Å². The molecule has 96 valence electrons. The molecule has 0 radical (unpaired) electrons. The molecule has 0 aromatic heterocycles. The Bertz CT molecular complexity index is 391. The highest BCUT2D eigenvalue weighted by molar-refractivity contribution is 5.62. The van der Waals surface area contributed by atoms with E-state index in [1.807, 2.05) is 30.3 Å². The van der Waals surface area contributed by atoms with Crippen LogP contribution in [0, 0.1) is 0 Å². The zero-order valence-electron chi connectivity index (χ0n) is 10.4. The third kappa shape index (κ3) is 4.24. The summed E-state index contributed by atoms with van der Waals surface area (Å²) in [7, 11) is 0. The van der Waals surface area contributed by atoms with Crippen LogP contribution < -0.4 is 0 Å². The molecule has 0 aliphatic heterocycles. The Labute approximate surface area is 107 Å². The standard InChI is InChI=1S/C15H18O3/c16-15(18-14-9-5-2-6-10-14)17-12-11-13-7-3-1-4-8-13/h1,3-4,7-8,11-12,14H,2,5-6,9-10H2. The van der Waals surface area contributed by atoms with Crippen LogP contribution in [0.3, 0.4) is 0 Å². The van der Waals surface area contributed by atoms with Crippen molar-refractivity contribution >= 4 is 12.2 Å². The lowest BCUT2D eigenvalue weighted by Crippen LogP contribution is -2.20. The number of rotatable bonds is 3. The Kier molecular flexibility index (Phi) is 4.82. The predicted molar refractivity (Wildman–Crippen MR) is 69.9 cm³/mol. The van der Waals surface area contributed by atoms with Crippen molar-refractivity contribution in [3.05, 3.63) is 42.2 Å². The number of carbonyl (C=O) groups is 1. The van der Waals surface area contributed by atoms with Gasteiger partial charge in [0.15, 0.2) is 0 Å². The van der Waals surface area contributed by atoms with Crippen LogP contribution in [0.25, 0.3) is 6.08 Å². The smallest absolute Gasteiger partial charge is 0.431 e. The summed E-state index contributed by atoms with van der Waals surface area (Å²) in [5.74, 6) is 0. The minimum atomic E-state index is -0.603. The molecule has 3 heteroatoms. The highest BCUT2D eigenvalue weighted by Crippen LogP contribution is 2.20. The first kappa shape index (κ1) is 12.7. The molecule has 0 bridgehead atoms. The Balaban J connectivity index is 1.72. The average Bonchev–Trinajstić information content (AvgIpc) is 2.41. The molecule has 0 amide bonds. The maximum absolute atomic E-state index is 11.4. The normalized spacial score (nSPS) is 16.7. The van der Waals surface area contributed by atoms with Crippen LogP contribution in [-0.4, -0.2) is 12.3 Å². The topological polar surface area (TPSA) is 35.5 Å². The fourth-order valence-corrected chi connectivity index (χ4v) is 2.08. The third-order valence-corrected chi connectivity index (χ3v) is 3.04. The van der Waals surface area contributed by atoms with Crippen molar-refractivity contribution in [2.45, 2.75) is 38.2 Å². The molecule has 1 aliphatic rings. The summed E-state index contributed by atoms with van der Waals surface area (Å²) >= 11 is 0. The number of benzene rings is 1. The SMILES string of the molecule is O=C(OC=Cc1ccccc1)OC1CCCCC1. The number of ether oxygens (including phenoxy) is 2. The van der Waals surface area contributed by atoms with E-state index in [-0.39, 0.29) is 6.10 Å². The van der Waals surface area contributed by atoms with Gasteiger partial charge in [0.2, 0.25) is 0 Å². The van der Waals surface area contributed by atoms with Crippen LogP contribution in [0.2, 0.25) is 0 Å². The van der Waals surface area contributed by atoms with E-state index in [1.165, 1.54) is 12.7 Å². The summed E-state index contributed by atoms with van der Waals surface area (Å²) < 4.78 is 10.1. The summed E-state index contributed by atoms with van der Waals surface area (Å²) in [6.45, 7) is 0. The molecule has 0 N–H and O–H groups in total. The Morgan fingerprint density at radius 2 is 1.83 bits per heavy atom. The summed E-state index contributed by atoms with van der Waals surface area (Å²) in [6, 6.07) is 9.67. The van der Waals surface area contributed by atoms with Crippen molar-refractivity contribution in [1.82, 2.24) is 0 Å². The van der Waals surface area contributed by atoms with E-state index >= 15 is 0 Å². The van der Waals surface area contributed by atoms with Crippen molar-refractivity contribution in [3.8, 4) is 0 Å². The first-order valence-electron chi connectivity index (χ1n) is 6.43. The van der Waals surface area contributed by atoms with Gasteiger partial charge in [-0.25, -0.2) is 4.79 Å². The minimum absolute atomic E-state index is 0.0383. The van der Waals surface area contributed by atoms with Crippen molar-refractivity contribution in [2.24, 2.45) is 0 Å². The molecule has 1 saturated carbocycles. The molecule has 1 aliphatic carbocycles. The van der Waals surface area contributed by atoms with Crippen LogP contribution in [0.1, 0.15) is 37.7 Å². The predicted octanol–water partition coefficient (Wildman–Crippen LogP) is 4.14. The summed E-state index contributed by atoms with van der Waals surface area (Å²) in [4.78, 5) is 11.4. The fraction of sp³-hybridized carbons (Fsp3) is 0.400. The van der Waals surface area contributed by atoms with Gasteiger partial charge in [0.05, 0.1) is 6.26 Å². The van der Waals surface area contributed by atoms with Gasteiger partial charge < -0.3 is 9.47 Å². The summed E-state index contributed by atoms with van der Waals surface area (Å²) in [5.41, 5.74) is 0.989. The zero-order valence-corrected chi connectivity index (χ0v) is 10.4. The molecule has 0 heterocycles. The van der Waals surface area contributed by atoms with Gasteiger partial charge in [-0.3, -0.25) is 0 Å². The molecule has 2 rings (SSSR count). The van der Waals surface area contributed by atoms with Crippen molar-refractivity contribution in [2.75, 3.05) is 0 Å². The molecule has 1 aromatic rings. The Morgan fingerprint density at radius 1 is 1.11 bits per heavy atom. The highest BCUT2D eigenvalue weighted by atomic mass is 16.7. The largest absolute Gasteiger partial charge is 0.513 e. The van der Waals surface area contributed by atoms with Gasteiger partial charge in [-0.15, -0.1) is 0 Å². The monoisotopic (exact) mass is 246 g/mol. The minimum Gasteiger partial charge on any atom is -0.431 e.